The van der Waals surface area contributed by atoms with E-state index in [1.54, 1.807) is 0 Å². The van der Waals surface area contributed by atoms with Crippen LogP contribution in [0.1, 0.15) is 12.0 Å². The lowest BCUT2D eigenvalue weighted by atomic mass is 10.2. The van der Waals surface area contributed by atoms with E-state index in [0.717, 1.165) is 18.7 Å². The van der Waals surface area contributed by atoms with Gasteiger partial charge in [0.05, 0.1) is 19.1 Å². The van der Waals surface area contributed by atoms with E-state index in [2.05, 4.69) is 10.6 Å². The Hall–Kier alpha value is -1.33. The number of nitrogens with zero attached hydrogens (tertiary/aromatic N) is 1. The van der Waals surface area contributed by atoms with Crippen molar-refractivity contribution in [2.75, 3.05) is 19.7 Å². The predicted octanol–water partition coefficient (Wildman–Crippen LogP) is 0.0198. The molecule has 1 aliphatic rings. The number of carbonyl (C=O) groups excluding carboxylic acids is 1. The molecule has 1 aromatic rings. The van der Waals surface area contributed by atoms with Crippen LogP contribution in [0, 0.1) is 0 Å². The van der Waals surface area contributed by atoms with Crippen LogP contribution in [-0.2, 0) is 23.1 Å². The lowest BCUT2D eigenvalue weighted by molar-refractivity contribution is -0.124. The molecule has 0 saturated carbocycles. The maximum atomic E-state index is 11.7. The van der Waals surface area contributed by atoms with Crippen molar-refractivity contribution in [3.8, 4) is 0 Å². The lowest BCUT2D eigenvalue weighted by Crippen LogP contribution is -2.41. The molecule has 5 nitrogen and oxygen atoms in total. The summed E-state index contributed by atoms with van der Waals surface area (Å²) in [5.41, 5.74) is 1.11. The Morgan fingerprint density at radius 2 is 2.59 bits per heavy atom. The first-order valence-electron chi connectivity index (χ1n) is 5.94. The van der Waals surface area contributed by atoms with Gasteiger partial charge in [-0.1, -0.05) is 0 Å². The molecule has 5 heteroatoms. The van der Waals surface area contributed by atoms with Crippen LogP contribution >= 0.6 is 0 Å². The zero-order valence-corrected chi connectivity index (χ0v) is 10.1. The molecule has 94 valence electrons. The van der Waals surface area contributed by atoms with Crippen molar-refractivity contribution >= 4 is 5.91 Å². The maximum absolute atomic E-state index is 11.7. The van der Waals surface area contributed by atoms with E-state index in [1.165, 1.54) is 0 Å². The van der Waals surface area contributed by atoms with Crippen molar-refractivity contribution in [3.05, 3.63) is 24.0 Å². The summed E-state index contributed by atoms with van der Waals surface area (Å²) in [7, 11) is 1.97. The molecule has 2 heterocycles. The third-order valence-electron chi connectivity index (χ3n) is 2.80. The van der Waals surface area contributed by atoms with Crippen molar-refractivity contribution in [3.63, 3.8) is 0 Å². The minimum Gasteiger partial charge on any atom is -0.375 e. The van der Waals surface area contributed by atoms with E-state index in [-0.39, 0.29) is 12.0 Å². The van der Waals surface area contributed by atoms with Gasteiger partial charge in [-0.25, -0.2) is 0 Å². The molecule has 0 spiro atoms. The molecule has 1 unspecified atom stereocenters. The zero-order chi connectivity index (χ0) is 12.1. The molecule has 0 bridgehead atoms. The first kappa shape index (κ1) is 12.1. The molecule has 1 amide bonds. The molecule has 1 aromatic heterocycles. The Morgan fingerprint density at radius 1 is 1.71 bits per heavy atom. The number of morpholine rings is 1. The van der Waals surface area contributed by atoms with Gasteiger partial charge in [-0.2, -0.15) is 0 Å². The fourth-order valence-corrected chi connectivity index (χ4v) is 1.90. The molecule has 2 rings (SSSR count). The standard InChI is InChI=1S/C12H19N3O2/c1-15-4-2-10(9-15)7-14-12(16)6-11-8-13-3-5-17-11/h2,4,9,11,13H,3,5-8H2,1H3,(H,14,16). The van der Waals surface area contributed by atoms with E-state index in [0.29, 0.717) is 19.6 Å². The molecule has 1 saturated heterocycles. The highest BCUT2D eigenvalue weighted by atomic mass is 16.5. The van der Waals surface area contributed by atoms with Gasteiger partial charge in [0.2, 0.25) is 5.91 Å². The van der Waals surface area contributed by atoms with Crippen LogP contribution in [0.2, 0.25) is 0 Å². The van der Waals surface area contributed by atoms with Crippen molar-refractivity contribution in [1.29, 1.82) is 0 Å². The number of carbonyl (C=O) groups is 1. The number of nitrogens with one attached hydrogen (secondary N) is 2. The van der Waals surface area contributed by atoms with E-state index in [1.807, 2.05) is 30.1 Å². The molecular weight excluding hydrogens is 218 g/mol. The fraction of sp³-hybridized carbons (Fsp3) is 0.583. The Balaban J connectivity index is 1.70. The van der Waals surface area contributed by atoms with Gasteiger partial charge in [0, 0.05) is 39.1 Å². The minimum atomic E-state index is 0.0134. The van der Waals surface area contributed by atoms with Gasteiger partial charge in [0.25, 0.3) is 0 Å². The first-order valence-corrected chi connectivity index (χ1v) is 5.94. The summed E-state index contributed by atoms with van der Waals surface area (Å²) in [6, 6.07) is 2.00. The summed E-state index contributed by atoms with van der Waals surface area (Å²) in [6.45, 7) is 2.91. The van der Waals surface area contributed by atoms with Crippen LogP contribution in [0.15, 0.2) is 18.5 Å². The second-order valence-electron chi connectivity index (χ2n) is 4.36. The third kappa shape index (κ3) is 3.87. The average Bonchev–Trinajstić information content (AvgIpc) is 2.74. The van der Waals surface area contributed by atoms with Crippen LogP contribution < -0.4 is 10.6 Å². The smallest absolute Gasteiger partial charge is 0.222 e. The number of aromatic nitrogens is 1. The monoisotopic (exact) mass is 237 g/mol. The van der Waals surface area contributed by atoms with Gasteiger partial charge in [-0.05, 0) is 11.6 Å². The summed E-state index contributed by atoms with van der Waals surface area (Å²) >= 11 is 0. The average molecular weight is 237 g/mol. The first-order chi connectivity index (χ1) is 8.24. The molecule has 0 radical (unpaired) electrons. The van der Waals surface area contributed by atoms with Gasteiger partial charge in [-0.3, -0.25) is 4.79 Å². The molecular formula is C12H19N3O2. The zero-order valence-electron chi connectivity index (χ0n) is 10.1. The van der Waals surface area contributed by atoms with E-state index < -0.39 is 0 Å². The Morgan fingerprint density at radius 3 is 3.24 bits per heavy atom. The number of rotatable bonds is 4. The van der Waals surface area contributed by atoms with E-state index in [4.69, 9.17) is 4.74 Å². The van der Waals surface area contributed by atoms with Crippen molar-refractivity contribution in [2.24, 2.45) is 7.05 Å². The van der Waals surface area contributed by atoms with Gasteiger partial charge >= 0.3 is 0 Å². The minimum absolute atomic E-state index is 0.0134. The van der Waals surface area contributed by atoms with Crippen LogP contribution in [-0.4, -0.2) is 36.3 Å². The molecule has 2 N–H and O–H groups in total. The lowest BCUT2D eigenvalue weighted by Gasteiger charge is -2.22. The highest BCUT2D eigenvalue weighted by molar-refractivity contribution is 5.76. The normalized spacial score (nSPS) is 20.2. The SMILES string of the molecule is Cn1ccc(CNC(=O)CC2CNCCO2)c1. The van der Waals surface area contributed by atoms with Crippen LogP contribution in [0.3, 0.4) is 0 Å². The van der Waals surface area contributed by atoms with Gasteiger partial charge in [0.1, 0.15) is 0 Å². The Bertz CT molecular complexity index is 370. The summed E-state index contributed by atoms with van der Waals surface area (Å²) in [6.07, 6.45) is 4.41. The number of ether oxygens (including phenoxy) is 1. The number of hydrogen-bond donors (Lipinski definition) is 2. The predicted molar refractivity (Wildman–Crippen MR) is 64.5 cm³/mol. The van der Waals surface area contributed by atoms with E-state index >= 15 is 0 Å². The largest absolute Gasteiger partial charge is 0.375 e. The van der Waals surface area contributed by atoms with Crippen LogP contribution in [0.25, 0.3) is 0 Å². The van der Waals surface area contributed by atoms with Crippen LogP contribution in [0.5, 0.6) is 0 Å². The van der Waals surface area contributed by atoms with Crippen molar-refractivity contribution in [1.82, 2.24) is 15.2 Å². The Labute approximate surface area is 101 Å². The summed E-state index contributed by atoms with van der Waals surface area (Å²) in [5, 5.41) is 6.11. The van der Waals surface area contributed by atoms with E-state index in [9.17, 15) is 4.79 Å². The fourth-order valence-electron chi connectivity index (χ4n) is 1.90. The topological polar surface area (TPSA) is 55.3 Å². The number of hydrogen-bond acceptors (Lipinski definition) is 3. The highest BCUT2D eigenvalue weighted by Gasteiger charge is 2.16. The third-order valence-corrected chi connectivity index (χ3v) is 2.80. The van der Waals surface area contributed by atoms with Crippen molar-refractivity contribution in [2.45, 2.75) is 19.1 Å². The van der Waals surface area contributed by atoms with Crippen LogP contribution in [0.4, 0.5) is 0 Å². The molecule has 1 atom stereocenters. The quantitative estimate of drug-likeness (QED) is 0.776. The number of aryl methyl sites for hydroxylation is 1. The second-order valence-corrected chi connectivity index (χ2v) is 4.36. The summed E-state index contributed by atoms with van der Waals surface area (Å²) < 4.78 is 7.45. The maximum Gasteiger partial charge on any atom is 0.222 e. The molecule has 0 aliphatic carbocycles. The molecule has 17 heavy (non-hydrogen) atoms. The summed E-state index contributed by atoms with van der Waals surface area (Å²) in [4.78, 5) is 11.7. The van der Waals surface area contributed by atoms with Gasteiger partial charge in [0.15, 0.2) is 0 Å². The second kappa shape index (κ2) is 5.84. The molecule has 1 aliphatic heterocycles. The summed E-state index contributed by atoms with van der Waals surface area (Å²) in [5.74, 6) is 0.0440. The van der Waals surface area contributed by atoms with Crippen molar-refractivity contribution < 1.29 is 9.53 Å². The Kier molecular flexibility index (Phi) is 4.17. The van der Waals surface area contributed by atoms with Gasteiger partial charge in [-0.15, -0.1) is 0 Å². The highest BCUT2D eigenvalue weighted by Crippen LogP contribution is 2.02. The van der Waals surface area contributed by atoms with Gasteiger partial charge < -0.3 is 19.9 Å². The molecule has 1 fully saturated rings. The number of amides is 1. The molecule has 0 aromatic carbocycles.